The van der Waals surface area contributed by atoms with E-state index < -0.39 is 21.7 Å². The van der Waals surface area contributed by atoms with Gasteiger partial charge in [0.1, 0.15) is 0 Å². The molecule has 0 unspecified atom stereocenters. The van der Waals surface area contributed by atoms with Crippen molar-refractivity contribution in [3.63, 3.8) is 0 Å². The standard InChI is InChI=1S/C17H21BrN4O6S/c1-4-5-8-28-14-13(17(24)27-3)19-15-12(9-11(18)10-21(15)16(14)23)22-7-6-20(2)29(22,25)26/h9-10H,4-8H2,1-3H3. The van der Waals surface area contributed by atoms with E-state index in [0.717, 1.165) is 10.7 Å². The first-order chi connectivity index (χ1) is 13.7. The minimum absolute atomic E-state index is 0.0142. The van der Waals surface area contributed by atoms with Gasteiger partial charge in [0.05, 0.1) is 19.4 Å². The first-order valence-electron chi connectivity index (χ1n) is 8.93. The number of carbonyl (C=O) groups is 1. The number of likely N-dealkylation sites (N-methyl/N-ethyl adjacent to an activating group) is 1. The molecule has 1 fully saturated rings. The molecule has 10 nitrogen and oxygen atoms in total. The number of nitrogens with zero attached hydrogens (tertiary/aromatic N) is 4. The first kappa shape index (κ1) is 21.5. The van der Waals surface area contributed by atoms with Crippen LogP contribution in [0.1, 0.15) is 30.3 Å². The van der Waals surface area contributed by atoms with E-state index in [1.807, 2.05) is 6.92 Å². The summed E-state index contributed by atoms with van der Waals surface area (Å²) in [5, 5.41) is 0. The molecule has 0 aromatic carbocycles. The van der Waals surface area contributed by atoms with Crippen LogP contribution in [0.25, 0.3) is 5.65 Å². The zero-order valence-corrected chi connectivity index (χ0v) is 18.6. The van der Waals surface area contributed by atoms with E-state index in [9.17, 15) is 18.0 Å². The van der Waals surface area contributed by atoms with Gasteiger partial charge >= 0.3 is 21.7 Å². The number of halogens is 1. The maximum atomic E-state index is 13.1. The number of rotatable bonds is 6. The largest absolute Gasteiger partial charge is 0.486 e. The molecule has 0 N–H and O–H groups in total. The van der Waals surface area contributed by atoms with Gasteiger partial charge in [-0.3, -0.25) is 13.5 Å². The lowest BCUT2D eigenvalue weighted by atomic mass is 10.3. The Kier molecular flexibility index (Phi) is 6.15. The molecule has 3 rings (SSSR count). The number of carbonyl (C=O) groups excluding carboxylic acids is 1. The molecular weight excluding hydrogens is 468 g/mol. The average molecular weight is 489 g/mol. The zero-order chi connectivity index (χ0) is 21.3. The van der Waals surface area contributed by atoms with Crippen molar-refractivity contribution in [2.24, 2.45) is 0 Å². The van der Waals surface area contributed by atoms with Gasteiger partial charge in [-0.1, -0.05) is 13.3 Å². The Labute approximate surface area is 176 Å². The maximum absolute atomic E-state index is 13.1. The van der Waals surface area contributed by atoms with Crippen molar-refractivity contribution in [3.05, 3.63) is 32.8 Å². The molecule has 1 aliphatic heterocycles. The van der Waals surface area contributed by atoms with Crippen LogP contribution in [0.2, 0.25) is 0 Å². The van der Waals surface area contributed by atoms with Crippen molar-refractivity contribution in [2.45, 2.75) is 19.8 Å². The second-order valence-corrected chi connectivity index (χ2v) is 9.30. The third-order valence-corrected chi connectivity index (χ3v) is 6.85. The molecule has 2 aromatic heterocycles. The highest BCUT2D eigenvalue weighted by Gasteiger charge is 2.36. The Balaban J connectivity index is 2.29. The molecule has 2 aromatic rings. The van der Waals surface area contributed by atoms with Gasteiger partial charge in [0.2, 0.25) is 5.75 Å². The lowest BCUT2D eigenvalue weighted by Gasteiger charge is -2.20. The quantitative estimate of drug-likeness (QED) is 0.446. The van der Waals surface area contributed by atoms with Gasteiger partial charge in [0.15, 0.2) is 11.3 Å². The van der Waals surface area contributed by atoms with E-state index in [1.165, 1.54) is 35.1 Å². The Bertz CT molecular complexity index is 1120. The fourth-order valence-electron chi connectivity index (χ4n) is 2.92. The topological polar surface area (TPSA) is 111 Å². The molecule has 0 saturated carbocycles. The number of pyridine rings is 1. The minimum Gasteiger partial charge on any atom is -0.486 e. The van der Waals surface area contributed by atoms with Crippen LogP contribution in [0.3, 0.4) is 0 Å². The number of unbranched alkanes of at least 4 members (excludes halogenated alkanes) is 1. The summed E-state index contributed by atoms with van der Waals surface area (Å²) in [6.07, 6.45) is 2.98. The Hall–Kier alpha value is -2.18. The number of methoxy groups -OCH3 is 1. The second-order valence-electron chi connectivity index (χ2n) is 6.43. The molecule has 29 heavy (non-hydrogen) atoms. The zero-order valence-electron chi connectivity index (χ0n) is 16.2. The van der Waals surface area contributed by atoms with Crippen LogP contribution in [-0.2, 0) is 14.9 Å². The van der Waals surface area contributed by atoms with Crippen molar-refractivity contribution in [3.8, 4) is 5.75 Å². The van der Waals surface area contributed by atoms with Crippen LogP contribution in [0.5, 0.6) is 5.75 Å². The second kappa shape index (κ2) is 8.28. The van der Waals surface area contributed by atoms with E-state index in [4.69, 9.17) is 9.47 Å². The highest BCUT2D eigenvalue weighted by molar-refractivity contribution is 9.10. The third kappa shape index (κ3) is 3.83. The number of hydrogen-bond donors (Lipinski definition) is 0. The van der Waals surface area contributed by atoms with Crippen molar-refractivity contribution in [1.29, 1.82) is 0 Å². The molecule has 0 spiro atoms. The molecular formula is C17H21BrN4O6S. The van der Waals surface area contributed by atoms with Crippen LogP contribution < -0.4 is 14.6 Å². The SMILES string of the molecule is CCCCOc1c(C(=O)OC)nc2c(N3CCN(C)S3(=O)=O)cc(Br)cn2c1=O. The number of anilines is 1. The molecule has 0 radical (unpaired) electrons. The van der Waals surface area contributed by atoms with E-state index in [2.05, 4.69) is 20.9 Å². The molecule has 12 heteroatoms. The van der Waals surface area contributed by atoms with Crippen LogP contribution in [0, 0.1) is 0 Å². The number of hydrogen-bond acceptors (Lipinski definition) is 7. The van der Waals surface area contributed by atoms with Crippen LogP contribution in [0.15, 0.2) is 21.5 Å². The summed E-state index contributed by atoms with van der Waals surface area (Å²) >= 11 is 3.31. The molecule has 0 amide bonds. The molecule has 3 heterocycles. The molecule has 1 saturated heterocycles. The van der Waals surface area contributed by atoms with Gasteiger partial charge in [-0.25, -0.2) is 9.78 Å². The summed E-state index contributed by atoms with van der Waals surface area (Å²) in [5.41, 5.74) is -0.729. The summed E-state index contributed by atoms with van der Waals surface area (Å²) in [6, 6.07) is 1.54. The van der Waals surface area contributed by atoms with Gasteiger partial charge < -0.3 is 9.47 Å². The molecule has 1 aliphatic rings. The monoisotopic (exact) mass is 488 g/mol. The maximum Gasteiger partial charge on any atom is 0.360 e. The number of aromatic nitrogens is 2. The van der Waals surface area contributed by atoms with Crippen LogP contribution in [0.4, 0.5) is 5.69 Å². The summed E-state index contributed by atoms with van der Waals surface area (Å²) in [6.45, 7) is 2.67. The summed E-state index contributed by atoms with van der Waals surface area (Å²) in [4.78, 5) is 29.7. The Morgan fingerprint density at radius 2 is 2.07 bits per heavy atom. The van der Waals surface area contributed by atoms with Crippen molar-refractivity contribution in [1.82, 2.24) is 13.7 Å². The normalized spacial score (nSPS) is 16.3. The lowest BCUT2D eigenvalue weighted by Crippen LogP contribution is -2.32. The van der Waals surface area contributed by atoms with E-state index in [1.54, 1.807) is 0 Å². The van der Waals surface area contributed by atoms with Gasteiger partial charge in [-0.05, 0) is 28.4 Å². The Morgan fingerprint density at radius 3 is 2.66 bits per heavy atom. The molecule has 0 atom stereocenters. The van der Waals surface area contributed by atoms with E-state index in [0.29, 0.717) is 10.9 Å². The van der Waals surface area contributed by atoms with E-state index in [-0.39, 0.29) is 42.5 Å². The average Bonchev–Trinajstić information content (AvgIpc) is 2.95. The number of ether oxygens (including phenoxy) is 2. The minimum atomic E-state index is -3.76. The van der Waals surface area contributed by atoms with Crippen molar-refractivity contribution < 1.29 is 22.7 Å². The highest BCUT2D eigenvalue weighted by Crippen LogP contribution is 2.31. The van der Waals surface area contributed by atoms with Gasteiger partial charge in [-0.2, -0.15) is 12.7 Å². The van der Waals surface area contributed by atoms with Crippen LogP contribution in [-0.4, -0.2) is 61.9 Å². The highest BCUT2D eigenvalue weighted by atomic mass is 79.9. The summed E-state index contributed by atoms with van der Waals surface area (Å²) < 4.78 is 39.6. The van der Waals surface area contributed by atoms with Crippen LogP contribution >= 0.6 is 15.9 Å². The number of esters is 1. The molecule has 158 valence electrons. The fourth-order valence-corrected chi connectivity index (χ4v) is 4.68. The van der Waals surface area contributed by atoms with Gasteiger partial charge in [0.25, 0.3) is 0 Å². The predicted octanol–water partition coefficient (Wildman–Crippen LogP) is 1.42. The number of fused-ring (bicyclic) bond motifs is 1. The van der Waals surface area contributed by atoms with Gasteiger partial charge in [-0.15, -0.1) is 0 Å². The summed E-state index contributed by atoms with van der Waals surface area (Å²) in [5.74, 6) is -1.07. The first-order valence-corrected chi connectivity index (χ1v) is 11.1. The fraction of sp³-hybridized carbons (Fsp3) is 0.471. The third-order valence-electron chi connectivity index (χ3n) is 4.51. The Morgan fingerprint density at radius 1 is 1.34 bits per heavy atom. The summed E-state index contributed by atoms with van der Waals surface area (Å²) in [7, 11) is -1.13. The predicted molar refractivity (Wildman–Crippen MR) is 110 cm³/mol. The molecule has 0 aliphatic carbocycles. The van der Waals surface area contributed by atoms with Crippen molar-refractivity contribution in [2.75, 3.05) is 38.2 Å². The van der Waals surface area contributed by atoms with Gasteiger partial charge in [0, 0.05) is 30.8 Å². The molecule has 0 bridgehead atoms. The van der Waals surface area contributed by atoms with E-state index >= 15 is 0 Å². The smallest absolute Gasteiger partial charge is 0.360 e. The van der Waals surface area contributed by atoms with Crippen molar-refractivity contribution >= 4 is 43.4 Å². The lowest BCUT2D eigenvalue weighted by molar-refractivity contribution is 0.0588.